The summed E-state index contributed by atoms with van der Waals surface area (Å²) in [7, 11) is 0. The monoisotopic (exact) mass is 221 g/mol. The van der Waals surface area contributed by atoms with Crippen molar-refractivity contribution in [2.75, 3.05) is 6.61 Å². The maximum atomic E-state index is 11.4. The average Bonchev–Trinajstić information content (AvgIpc) is 2.29. The molecule has 0 spiro atoms. The van der Waals surface area contributed by atoms with Crippen LogP contribution in [0.2, 0.25) is 0 Å². The fraction of sp³-hybridized carbons (Fsp3) is 0.462. The Balaban J connectivity index is 2.47. The minimum absolute atomic E-state index is 0.317. The van der Waals surface area contributed by atoms with Gasteiger partial charge in [-0.15, -0.1) is 0 Å². The Morgan fingerprint density at radius 1 is 1.38 bits per heavy atom. The highest BCUT2D eigenvalue weighted by atomic mass is 16.5. The van der Waals surface area contributed by atoms with Crippen LogP contribution in [0, 0.1) is 6.92 Å². The van der Waals surface area contributed by atoms with Gasteiger partial charge in [0.25, 0.3) is 0 Å². The zero-order chi connectivity index (χ0) is 12.0. The van der Waals surface area contributed by atoms with Crippen molar-refractivity contribution in [1.82, 2.24) is 0 Å². The van der Waals surface area contributed by atoms with Gasteiger partial charge in [0.1, 0.15) is 6.04 Å². The second kappa shape index (κ2) is 6.28. The molecule has 1 aromatic rings. The van der Waals surface area contributed by atoms with Crippen LogP contribution in [0.4, 0.5) is 0 Å². The number of nitrogens with two attached hydrogens (primary N) is 1. The molecule has 0 heterocycles. The lowest BCUT2D eigenvalue weighted by molar-refractivity contribution is -0.145. The van der Waals surface area contributed by atoms with Crippen LogP contribution in [0.3, 0.4) is 0 Å². The summed E-state index contributed by atoms with van der Waals surface area (Å²) in [6.07, 6.45) is 1.35. The van der Waals surface area contributed by atoms with Gasteiger partial charge in [-0.1, -0.05) is 36.8 Å². The molecular weight excluding hydrogens is 202 g/mol. The maximum absolute atomic E-state index is 11.4. The van der Waals surface area contributed by atoms with Gasteiger partial charge >= 0.3 is 5.97 Å². The first kappa shape index (κ1) is 12.7. The van der Waals surface area contributed by atoms with Crippen molar-refractivity contribution in [3.63, 3.8) is 0 Å². The fourth-order valence-electron chi connectivity index (χ4n) is 1.37. The van der Waals surface area contributed by atoms with Crippen molar-refractivity contribution in [2.45, 2.75) is 32.7 Å². The van der Waals surface area contributed by atoms with Crippen LogP contribution in [-0.4, -0.2) is 18.6 Å². The number of carbonyl (C=O) groups is 1. The number of ether oxygens (including phenoxy) is 1. The van der Waals surface area contributed by atoms with Gasteiger partial charge in [0.2, 0.25) is 0 Å². The first-order chi connectivity index (χ1) is 7.63. The molecule has 16 heavy (non-hydrogen) atoms. The minimum Gasteiger partial charge on any atom is -0.465 e. The lowest BCUT2D eigenvalue weighted by Gasteiger charge is -2.11. The summed E-state index contributed by atoms with van der Waals surface area (Å²) in [5, 5.41) is 0. The highest BCUT2D eigenvalue weighted by Crippen LogP contribution is 2.06. The molecule has 3 nitrogen and oxygen atoms in total. The van der Waals surface area contributed by atoms with E-state index in [-0.39, 0.29) is 5.97 Å². The smallest absolute Gasteiger partial charge is 0.323 e. The van der Waals surface area contributed by atoms with E-state index in [0.29, 0.717) is 13.0 Å². The average molecular weight is 221 g/mol. The van der Waals surface area contributed by atoms with Gasteiger partial charge in [-0.2, -0.15) is 0 Å². The van der Waals surface area contributed by atoms with Gasteiger partial charge in [-0.05, 0) is 25.3 Å². The van der Waals surface area contributed by atoms with Crippen LogP contribution < -0.4 is 5.73 Å². The summed E-state index contributed by atoms with van der Waals surface area (Å²) in [5.41, 5.74) is 8.02. The summed E-state index contributed by atoms with van der Waals surface area (Å²) >= 11 is 0. The first-order valence-corrected chi connectivity index (χ1v) is 5.61. The Kier molecular flexibility index (Phi) is 4.99. The fourth-order valence-corrected chi connectivity index (χ4v) is 1.37. The zero-order valence-electron chi connectivity index (χ0n) is 9.90. The highest BCUT2D eigenvalue weighted by molar-refractivity contribution is 5.75. The Labute approximate surface area is 96.6 Å². The van der Waals surface area contributed by atoms with E-state index >= 15 is 0 Å². The number of aryl methyl sites for hydroxylation is 1. The SMILES string of the molecule is CCCOC(=O)[C@@H](N)Cc1ccc(C)cc1. The van der Waals surface area contributed by atoms with Crippen LogP contribution in [0.1, 0.15) is 24.5 Å². The third-order valence-electron chi connectivity index (χ3n) is 2.33. The molecule has 0 aliphatic carbocycles. The van der Waals surface area contributed by atoms with E-state index in [1.165, 1.54) is 5.56 Å². The molecule has 0 unspecified atom stereocenters. The molecule has 0 radical (unpaired) electrons. The van der Waals surface area contributed by atoms with E-state index in [4.69, 9.17) is 10.5 Å². The lowest BCUT2D eigenvalue weighted by Crippen LogP contribution is -2.34. The predicted molar refractivity (Wildman–Crippen MR) is 64.1 cm³/mol. The van der Waals surface area contributed by atoms with Crippen LogP contribution in [0.15, 0.2) is 24.3 Å². The van der Waals surface area contributed by atoms with E-state index < -0.39 is 6.04 Å². The number of benzene rings is 1. The van der Waals surface area contributed by atoms with Gasteiger partial charge < -0.3 is 10.5 Å². The molecule has 0 bridgehead atoms. The Bertz CT molecular complexity index is 332. The summed E-state index contributed by atoms with van der Waals surface area (Å²) in [4.78, 5) is 11.4. The van der Waals surface area contributed by atoms with E-state index in [1.807, 2.05) is 38.1 Å². The van der Waals surface area contributed by atoms with E-state index in [1.54, 1.807) is 0 Å². The van der Waals surface area contributed by atoms with Crippen LogP contribution in [0.5, 0.6) is 0 Å². The number of hydrogen-bond donors (Lipinski definition) is 1. The largest absolute Gasteiger partial charge is 0.465 e. The molecule has 0 amide bonds. The molecule has 3 heteroatoms. The van der Waals surface area contributed by atoms with Crippen molar-refractivity contribution in [1.29, 1.82) is 0 Å². The van der Waals surface area contributed by atoms with Gasteiger partial charge in [-0.25, -0.2) is 0 Å². The minimum atomic E-state index is -0.561. The second-order valence-corrected chi connectivity index (χ2v) is 3.96. The molecule has 0 aliphatic heterocycles. The molecule has 0 saturated carbocycles. The summed E-state index contributed by atoms with van der Waals surface area (Å²) < 4.78 is 4.98. The Morgan fingerprint density at radius 3 is 2.56 bits per heavy atom. The van der Waals surface area contributed by atoms with Crippen LogP contribution in [0.25, 0.3) is 0 Å². The van der Waals surface area contributed by atoms with E-state index in [0.717, 1.165) is 12.0 Å². The van der Waals surface area contributed by atoms with Gasteiger partial charge in [0, 0.05) is 0 Å². The molecule has 0 aromatic heterocycles. The molecule has 1 atom stereocenters. The van der Waals surface area contributed by atoms with E-state index in [9.17, 15) is 4.79 Å². The van der Waals surface area contributed by atoms with Crippen molar-refractivity contribution < 1.29 is 9.53 Å². The molecule has 0 aliphatic rings. The number of carbonyl (C=O) groups excluding carboxylic acids is 1. The Hall–Kier alpha value is -1.35. The van der Waals surface area contributed by atoms with Crippen molar-refractivity contribution in [3.05, 3.63) is 35.4 Å². The molecular formula is C13H19NO2. The molecule has 1 rings (SSSR count). The standard InChI is InChI=1S/C13H19NO2/c1-3-8-16-13(15)12(14)9-11-6-4-10(2)5-7-11/h4-7,12H,3,8-9,14H2,1-2H3/t12-/m0/s1. The summed E-state index contributed by atoms with van der Waals surface area (Å²) in [5.74, 6) is -0.317. The molecule has 0 saturated heterocycles. The highest BCUT2D eigenvalue weighted by Gasteiger charge is 2.14. The molecule has 88 valence electrons. The predicted octanol–water partition coefficient (Wildman–Crippen LogP) is 1.82. The van der Waals surface area contributed by atoms with Crippen molar-refractivity contribution in [2.24, 2.45) is 5.73 Å². The maximum Gasteiger partial charge on any atom is 0.323 e. The van der Waals surface area contributed by atoms with Gasteiger partial charge in [0.05, 0.1) is 6.61 Å². The van der Waals surface area contributed by atoms with Crippen LogP contribution in [-0.2, 0) is 16.0 Å². The normalized spacial score (nSPS) is 12.2. The first-order valence-electron chi connectivity index (χ1n) is 5.61. The Morgan fingerprint density at radius 2 is 2.00 bits per heavy atom. The third-order valence-corrected chi connectivity index (χ3v) is 2.33. The third kappa shape index (κ3) is 4.03. The zero-order valence-corrected chi connectivity index (χ0v) is 9.90. The quantitative estimate of drug-likeness (QED) is 0.772. The van der Waals surface area contributed by atoms with Crippen molar-refractivity contribution >= 4 is 5.97 Å². The van der Waals surface area contributed by atoms with E-state index in [2.05, 4.69) is 0 Å². The second-order valence-electron chi connectivity index (χ2n) is 3.96. The topological polar surface area (TPSA) is 52.3 Å². The van der Waals surface area contributed by atoms with Crippen molar-refractivity contribution in [3.8, 4) is 0 Å². The van der Waals surface area contributed by atoms with Gasteiger partial charge in [-0.3, -0.25) is 4.79 Å². The molecule has 1 aromatic carbocycles. The summed E-state index contributed by atoms with van der Waals surface area (Å²) in [6.45, 7) is 4.43. The summed E-state index contributed by atoms with van der Waals surface area (Å²) in [6, 6.07) is 7.44. The number of rotatable bonds is 5. The number of esters is 1. The molecule has 0 fully saturated rings. The van der Waals surface area contributed by atoms with Gasteiger partial charge in [0.15, 0.2) is 0 Å². The molecule has 2 N–H and O–H groups in total. The lowest BCUT2D eigenvalue weighted by atomic mass is 10.1. The van der Waals surface area contributed by atoms with Crippen LogP contribution >= 0.6 is 0 Å². The number of hydrogen-bond acceptors (Lipinski definition) is 3.